The van der Waals surface area contributed by atoms with E-state index in [0.29, 0.717) is 0 Å². The van der Waals surface area contributed by atoms with Gasteiger partial charge in [0, 0.05) is 0 Å². The highest BCUT2D eigenvalue weighted by molar-refractivity contribution is 9.10. The number of hydrogen-bond donors (Lipinski definition) is 1. The van der Waals surface area contributed by atoms with E-state index in [2.05, 4.69) is 20.9 Å². The van der Waals surface area contributed by atoms with Crippen molar-refractivity contribution in [3.05, 3.63) is 21.6 Å². The van der Waals surface area contributed by atoms with Gasteiger partial charge < -0.3 is 5.11 Å². The lowest BCUT2D eigenvalue weighted by molar-refractivity contribution is 0.427. The summed E-state index contributed by atoms with van der Waals surface area (Å²) in [6.45, 7) is 0. The van der Waals surface area contributed by atoms with E-state index in [9.17, 15) is 4.39 Å². The van der Waals surface area contributed by atoms with Gasteiger partial charge in [-0.05, 0) is 15.9 Å². The lowest BCUT2D eigenvalue weighted by Gasteiger charge is -1.97. The minimum absolute atomic E-state index is 0.0406. The molecule has 0 saturated heterocycles. The standard InChI is InChI=1S/C5H2BrClFNO/c6-3-4(10)2(8)1-9-5(3)7/h1H,(H,9,10). The van der Waals surface area contributed by atoms with E-state index >= 15 is 0 Å². The molecular weight excluding hydrogens is 224 g/mol. The molecule has 0 saturated carbocycles. The summed E-state index contributed by atoms with van der Waals surface area (Å²) in [6.07, 6.45) is 0.850. The third-order valence-corrected chi connectivity index (χ3v) is 2.17. The number of halogens is 3. The van der Waals surface area contributed by atoms with Gasteiger partial charge in [0.1, 0.15) is 5.15 Å². The van der Waals surface area contributed by atoms with E-state index in [1.54, 1.807) is 0 Å². The Kier molecular flexibility index (Phi) is 2.11. The Labute approximate surface area is 69.8 Å². The molecule has 54 valence electrons. The molecule has 0 spiro atoms. The van der Waals surface area contributed by atoms with Crippen molar-refractivity contribution in [3.63, 3.8) is 0 Å². The maximum atomic E-state index is 12.4. The quantitative estimate of drug-likeness (QED) is 0.689. The summed E-state index contributed by atoms with van der Waals surface area (Å²) in [7, 11) is 0. The van der Waals surface area contributed by atoms with Crippen molar-refractivity contribution < 1.29 is 9.50 Å². The van der Waals surface area contributed by atoms with Gasteiger partial charge in [0.05, 0.1) is 10.7 Å². The summed E-state index contributed by atoms with van der Waals surface area (Å²) < 4.78 is 12.4. The lowest BCUT2D eigenvalue weighted by Crippen LogP contribution is -1.82. The van der Waals surface area contributed by atoms with E-state index in [-0.39, 0.29) is 9.63 Å². The molecule has 0 aliphatic carbocycles. The Hall–Kier alpha value is -0.350. The van der Waals surface area contributed by atoms with E-state index in [1.165, 1.54) is 0 Å². The zero-order chi connectivity index (χ0) is 7.72. The molecule has 1 N–H and O–H groups in total. The second-order valence-corrected chi connectivity index (χ2v) is 2.71. The lowest BCUT2D eigenvalue weighted by atomic mass is 10.4. The Morgan fingerprint density at radius 2 is 2.30 bits per heavy atom. The van der Waals surface area contributed by atoms with Crippen LogP contribution in [0.2, 0.25) is 5.15 Å². The highest BCUT2D eigenvalue weighted by Gasteiger charge is 2.08. The third-order valence-electron chi connectivity index (χ3n) is 0.906. The summed E-state index contributed by atoms with van der Waals surface area (Å²) >= 11 is 8.25. The maximum absolute atomic E-state index is 12.4. The van der Waals surface area contributed by atoms with Crippen molar-refractivity contribution in [2.75, 3.05) is 0 Å². The Morgan fingerprint density at radius 1 is 1.70 bits per heavy atom. The van der Waals surface area contributed by atoms with Crippen molar-refractivity contribution in [1.82, 2.24) is 4.98 Å². The van der Waals surface area contributed by atoms with E-state index in [0.717, 1.165) is 6.20 Å². The molecule has 1 aromatic heterocycles. The molecule has 0 radical (unpaired) electrons. The van der Waals surface area contributed by atoms with Gasteiger partial charge in [-0.1, -0.05) is 11.6 Å². The van der Waals surface area contributed by atoms with E-state index in [4.69, 9.17) is 16.7 Å². The van der Waals surface area contributed by atoms with Crippen LogP contribution in [0.4, 0.5) is 4.39 Å². The van der Waals surface area contributed by atoms with Gasteiger partial charge in [-0.25, -0.2) is 9.37 Å². The highest BCUT2D eigenvalue weighted by atomic mass is 79.9. The molecule has 1 rings (SSSR count). The highest BCUT2D eigenvalue weighted by Crippen LogP contribution is 2.31. The first-order chi connectivity index (χ1) is 4.63. The first-order valence-electron chi connectivity index (χ1n) is 2.31. The molecule has 0 aromatic carbocycles. The van der Waals surface area contributed by atoms with Gasteiger partial charge in [-0.3, -0.25) is 0 Å². The SMILES string of the molecule is Oc1c(F)cnc(Cl)c1Br. The molecule has 5 heteroatoms. The Bertz CT molecular complexity index is 241. The van der Waals surface area contributed by atoms with Crippen LogP contribution in [0.5, 0.6) is 5.75 Å². The minimum atomic E-state index is -0.795. The zero-order valence-electron chi connectivity index (χ0n) is 4.61. The van der Waals surface area contributed by atoms with Crippen LogP contribution in [0, 0.1) is 5.82 Å². The molecular formula is C5H2BrClFNO. The number of rotatable bonds is 0. The number of nitrogens with zero attached hydrogens (tertiary/aromatic N) is 1. The Balaban J connectivity index is 3.34. The number of aromatic nitrogens is 1. The van der Waals surface area contributed by atoms with Crippen molar-refractivity contribution in [2.45, 2.75) is 0 Å². The molecule has 2 nitrogen and oxygen atoms in total. The fraction of sp³-hybridized carbons (Fsp3) is 0. The maximum Gasteiger partial charge on any atom is 0.184 e. The zero-order valence-corrected chi connectivity index (χ0v) is 6.95. The fourth-order valence-corrected chi connectivity index (χ4v) is 0.864. The number of pyridine rings is 1. The second-order valence-electron chi connectivity index (χ2n) is 1.56. The summed E-state index contributed by atoms with van der Waals surface area (Å²) in [5, 5.41) is 8.88. The van der Waals surface area contributed by atoms with Crippen LogP contribution in [0.3, 0.4) is 0 Å². The Morgan fingerprint density at radius 3 is 2.80 bits per heavy atom. The van der Waals surface area contributed by atoms with Crippen LogP contribution in [-0.2, 0) is 0 Å². The normalized spacial score (nSPS) is 9.90. The fourth-order valence-electron chi connectivity index (χ4n) is 0.434. The van der Waals surface area contributed by atoms with E-state index in [1.807, 2.05) is 0 Å². The first kappa shape index (κ1) is 7.75. The van der Waals surface area contributed by atoms with Crippen LogP contribution in [-0.4, -0.2) is 10.1 Å². The number of hydrogen-bond acceptors (Lipinski definition) is 2. The number of aromatic hydroxyl groups is 1. The average Bonchev–Trinajstić information content (AvgIpc) is 1.93. The third kappa shape index (κ3) is 1.22. The van der Waals surface area contributed by atoms with Crippen LogP contribution in [0.25, 0.3) is 0 Å². The van der Waals surface area contributed by atoms with Crippen LogP contribution < -0.4 is 0 Å². The summed E-state index contributed by atoms with van der Waals surface area (Å²) in [6, 6.07) is 0. The molecule has 0 aliphatic heterocycles. The predicted molar refractivity (Wildman–Crippen MR) is 38.6 cm³/mol. The molecule has 1 aromatic rings. The van der Waals surface area contributed by atoms with Crippen molar-refractivity contribution in [3.8, 4) is 5.75 Å². The van der Waals surface area contributed by atoms with Crippen molar-refractivity contribution in [1.29, 1.82) is 0 Å². The van der Waals surface area contributed by atoms with Gasteiger partial charge in [0.15, 0.2) is 11.6 Å². The molecule has 0 unspecified atom stereocenters. The second kappa shape index (κ2) is 2.72. The summed E-state index contributed by atoms with van der Waals surface area (Å²) in [5.74, 6) is -1.31. The monoisotopic (exact) mass is 225 g/mol. The van der Waals surface area contributed by atoms with E-state index < -0.39 is 11.6 Å². The molecule has 0 bridgehead atoms. The van der Waals surface area contributed by atoms with Gasteiger partial charge in [0.25, 0.3) is 0 Å². The molecule has 1 heterocycles. The minimum Gasteiger partial charge on any atom is -0.504 e. The molecule has 0 atom stereocenters. The van der Waals surface area contributed by atoms with Crippen molar-refractivity contribution in [2.24, 2.45) is 0 Å². The van der Waals surface area contributed by atoms with Crippen molar-refractivity contribution >= 4 is 27.5 Å². The van der Waals surface area contributed by atoms with Gasteiger partial charge in [0.2, 0.25) is 0 Å². The summed E-state index contributed by atoms with van der Waals surface area (Å²) in [4.78, 5) is 3.42. The molecule has 0 fully saturated rings. The van der Waals surface area contributed by atoms with Gasteiger partial charge >= 0.3 is 0 Å². The smallest absolute Gasteiger partial charge is 0.184 e. The molecule has 0 aliphatic rings. The molecule has 10 heavy (non-hydrogen) atoms. The largest absolute Gasteiger partial charge is 0.504 e. The van der Waals surface area contributed by atoms with Crippen LogP contribution >= 0.6 is 27.5 Å². The van der Waals surface area contributed by atoms with Gasteiger partial charge in [-0.2, -0.15) is 0 Å². The first-order valence-corrected chi connectivity index (χ1v) is 3.48. The van der Waals surface area contributed by atoms with Crippen LogP contribution in [0.15, 0.2) is 10.7 Å². The summed E-state index contributed by atoms with van der Waals surface area (Å²) in [5.41, 5.74) is 0. The van der Waals surface area contributed by atoms with Gasteiger partial charge in [-0.15, -0.1) is 0 Å². The molecule has 0 amide bonds. The topological polar surface area (TPSA) is 33.1 Å². The van der Waals surface area contributed by atoms with Crippen LogP contribution in [0.1, 0.15) is 0 Å². The predicted octanol–water partition coefficient (Wildman–Crippen LogP) is 2.34. The average molecular weight is 226 g/mol.